The third kappa shape index (κ3) is 2.94. The number of likely N-dealkylation sites (tertiary alicyclic amines) is 1. The number of benzene rings is 2. The molecule has 0 saturated carbocycles. The second-order valence-corrected chi connectivity index (χ2v) is 6.70. The highest BCUT2D eigenvalue weighted by Gasteiger charge is 2.32. The third-order valence-electron chi connectivity index (χ3n) is 5.21. The SMILES string of the molecule is c1ccc(-c2ccc(CN3CCC4NCCC4C3)cc2)cc1. The highest BCUT2D eigenvalue weighted by Crippen LogP contribution is 2.26. The lowest BCUT2D eigenvalue weighted by molar-refractivity contribution is 0.156. The van der Waals surface area contributed by atoms with Crippen LogP contribution in [0.1, 0.15) is 18.4 Å². The Kier molecular flexibility index (Phi) is 3.96. The van der Waals surface area contributed by atoms with E-state index in [1.165, 1.54) is 49.2 Å². The lowest BCUT2D eigenvalue weighted by Crippen LogP contribution is -2.43. The molecule has 1 N–H and O–H groups in total. The van der Waals surface area contributed by atoms with E-state index in [0.29, 0.717) is 0 Å². The van der Waals surface area contributed by atoms with Gasteiger partial charge in [0.15, 0.2) is 0 Å². The summed E-state index contributed by atoms with van der Waals surface area (Å²) in [4.78, 5) is 2.63. The fraction of sp³-hybridized carbons (Fsp3) is 0.400. The van der Waals surface area contributed by atoms with Gasteiger partial charge in [-0.15, -0.1) is 0 Å². The van der Waals surface area contributed by atoms with Crippen molar-refractivity contribution in [2.24, 2.45) is 5.92 Å². The van der Waals surface area contributed by atoms with Gasteiger partial charge in [-0.2, -0.15) is 0 Å². The summed E-state index contributed by atoms with van der Waals surface area (Å²) >= 11 is 0. The molecule has 2 fully saturated rings. The second kappa shape index (κ2) is 6.23. The van der Waals surface area contributed by atoms with E-state index in [-0.39, 0.29) is 0 Å². The van der Waals surface area contributed by atoms with Crippen molar-refractivity contribution in [3.05, 3.63) is 60.2 Å². The molecule has 2 heterocycles. The normalized spacial score (nSPS) is 25.1. The van der Waals surface area contributed by atoms with Crippen molar-refractivity contribution in [2.45, 2.75) is 25.4 Å². The number of hydrogen-bond donors (Lipinski definition) is 1. The fourth-order valence-corrected chi connectivity index (χ4v) is 3.96. The molecule has 2 aliphatic heterocycles. The first-order valence-electron chi connectivity index (χ1n) is 8.48. The summed E-state index contributed by atoms with van der Waals surface area (Å²) in [5, 5.41) is 3.64. The summed E-state index contributed by atoms with van der Waals surface area (Å²) in [5.41, 5.74) is 4.04. The first-order valence-corrected chi connectivity index (χ1v) is 8.48. The monoisotopic (exact) mass is 292 g/mol. The van der Waals surface area contributed by atoms with Gasteiger partial charge in [0.05, 0.1) is 0 Å². The zero-order valence-corrected chi connectivity index (χ0v) is 13.0. The van der Waals surface area contributed by atoms with E-state index in [4.69, 9.17) is 0 Å². The maximum atomic E-state index is 3.64. The minimum atomic E-state index is 0.789. The number of nitrogens with one attached hydrogen (secondary N) is 1. The zero-order chi connectivity index (χ0) is 14.8. The number of nitrogens with zero attached hydrogens (tertiary/aromatic N) is 1. The van der Waals surface area contributed by atoms with Gasteiger partial charge in [-0.25, -0.2) is 0 Å². The van der Waals surface area contributed by atoms with Crippen molar-refractivity contribution in [3.8, 4) is 11.1 Å². The maximum absolute atomic E-state index is 3.64. The van der Waals surface area contributed by atoms with Crippen molar-refractivity contribution in [1.29, 1.82) is 0 Å². The highest BCUT2D eigenvalue weighted by molar-refractivity contribution is 5.63. The van der Waals surface area contributed by atoms with Crippen LogP contribution in [0, 0.1) is 5.92 Å². The van der Waals surface area contributed by atoms with Gasteiger partial charge in [-0.1, -0.05) is 54.6 Å². The molecule has 2 aliphatic rings. The Morgan fingerprint density at radius 2 is 1.68 bits per heavy atom. The fourth-order valence-electron chi connectivity index (χ4n) is 3.96. The van der Waals surface area contributed by atoms with E-state index in [1.54, 1.807) is 0 Å². The van der Waals surface area contributed by atoms with E-state index in [1.807, 2.05) is 0 Å². The Hall–Kier alpha value is -1.64. The molecule has 0 aliphatic carbocycles. The largest absolute Gasteiger partial charge is 0.314 e. The van der Waals surface area contributed by atoms with Crippen LogP contribution in [-0.2, 0) is 6.54 Å². The van der Waals surface area contributed by atoms with Crippen LogP contribution in [0.2, 0.25) is 0 Å². The Morgan fingerprint density at radius 3 is 2.50 bits per heavy atom. The molecule has 0 bridgehead atoms. The van der Waals surface area contributed by atoms with Crippen LogP contribution in [0.15, 0.2) is 54.6 Å². The van der Waals surface area contributed by atoms with E-state index >= 15 is 0 Å². The van der Waals surface area contributed by atoms with Crippen molar-refractivity contribution in [3.63, 3.8) is 0 Å². The van der Waals surface area contributed by atoms with Crippen molar-refractivity contribution >= 4 is 0 Å². The second-order valence-electron chi connectivity index (χ2n) is 6.70. The van der Waals surface area contributed by atoms with Crippen molar-refractivity contribution in [2.75, 3.05) is 19.6 Å². The molecule has 2 unspecified atom stereocenters. The molecule has 22 heavy (non-hydrogen) atoms. The van der Waals surface area contributed by atoms with E-state index in [2.05, 4.69) is 64.8 Å². The Bertz CT molecular complexity index is 605. The molecule has 4 rings (SSSR count). The average Bonchev–Trinajstić information content (AvgIpc) is 3.04. The Balaban J connectivity index is 1.41. The van der Waals surface area contributed by atoms with Crippen LogP contribution in [0.3, 0.4) is 0 Å². The van der Waals surface area contributed by atoms with Crippen LogP contribution in [-0.4, -0.2) is 30.6 Å². The lowest BCUT2D eigenvalue weighted by Gasteiger charge is -2.34. The van der Waals surface area contributed by atoms with Gasteiger partial charge < -0.3 is 5.32 Å². The quantitative estimate of drug-likeness (QED) is 0.931. The number of rotatable bonds is 3. The van der Waals surface area contributed by atoms with Crippen LogP contribution in [0.25, 0.3) is 11.1 Å². The van der Waals surface area contributed by atoms with Crippen molar-refractivity contribution in [1.82, 2.24) is 10.2 Å². The molecule has 2 aromatic carbocycles. The molecule has 2 nitrogen and oxygen atoms in total. The molecule has 2 aromatic rings. The predicted octanol–water partition coefficient (Wildman–Crippen LogP) is 3.54. The van der Waals surface area contributed by atoms with Crippen LogP contribution < -0.4 is 5.32 Å². The standard InChI is InChI=1S/C20H24N2/c1-2-4-17(5-3-1)18-8-6-16(7-9-18)14-22-13-11-20-19(15-22)10-12-21-20/h1-9,19-21H,10-15H2. The maximum Gasteiger partial charge on any atom is 0.0233 e. The molecule has 2 atom stereocenters. The molecule has 0 amide bonds. The van der Waals surface area contributed by atoms with Crippen molar-refractivity contribution < 1.29 is 0 Å². The van der Waals surface area contributed by atoms with Gasteiger partial charge in [-0.05, 0) is 48.5 Å². The highest BCUT2D eigenvalue weighted by atomic mass is 15.2. The Morgan fingerprint density at radius 1 is 0.909 bits per heavy atom. The molecule has 2 heteroatoms. The lowest BCUT2D eigenvalue weighted by atomic mass is 9.93. The van der Waals surface area contributed by atoms with Crippen LogP contribution in [0.5, 0.6) is 0 Å². The van der Waals surface area contributed by atoms with Crippen LogP contribution >= 0.6 is 0 Å². The van der Waals surface area contributed by atoms with Gasteiger partial charge >= 0.3 is 0 Å². The number of piperidine rings is 1. The first kappa shape index (κ1) is 14.0. The van der Waals surface area contributed by atoms with Gasteiger partial charge in [0, 0.05) is 19.1 Å². The topological polar surface area (TPSA) is 15.3 Å². The summed E-state index contributed by atoms with van der Waals surface area (Å²) in [6, 6.07) is 20.5. The minimum Gasteiger partial charge on any atom is -0.314 e. The van der Waals surface area contributed by atoms with E-state index < -0.39 is 0 Å². The molecule has 0 spiro atoms. The average molecular weight is 292 g/mol. The zero-order valence-electron chi connectivity index (χ0n) is 13.0. The summed E-state index contributed by atoms with van der Waals surface area (Å²) in [6.07, 6.45) is 2.67. The first-order chi connectivity index (χ1) is 10.9. The van der Waals surface area contributed by atoms with Crippen LogP contribution in [0.4, 0.5) is 0 Å². The third-order valence-corrected chi connectivity index (χ3v) is 5.21. The van der Waals surface area contributed by atoms with Gasteiger partial charge in [0.25, 0.3) is 0 Å². The number of hydrogen-bond acceptors (Lipinski definition) is 2. The molecule has 0 aromatic heterocycles. The summed E-state index contributed by atoms with van der Waals surface area (Å²) in [5.74, 6) is 0.873. The van der Waals surface area contributed by atoms with Gasteiger partial charge in [0.2, 0.25) is 0 Å². The molecule has 114 valence electrons. The van der Waals surface area contributed by atoms with Gasteiger partial charge in [0.1, 0.15) is 0 Å². The molecular weight excluding hydrogens is 268 g/mol. The summed E-state index contributed by atoms with van der Waals surface area (Å²) in [7, 11) is 0. The molecular formula is C20H24N2. The minimum absolute atomic E-state index is 0.789. The van der Waals surface area contributed by atoms with Gasteiger partial charge in [-0.3, -0.25) is 4.90 Å². The Labute approximate surface area is 133 Å². The molecule has 0 radical (unpaired) electrons. The molecule has 2 saturated heterocycles. The smallest absolute Gasteiger partial charge is 0.0233 e. The van der Waals surface area contributed by atoms with E-state index in [0.717, 1.165) is 18.5 Å². The summed E-state index contributed by atoms with van der Waals surface area (Å²) in [6.45, 7) is 4.81. The van der Waals surface area contributed by atoms with E-state index in [9.17, 15) is 0 Å². The predicted molar refractivity (Wildman–Crippen MR) is 91.7 cm³/mol. The summed E-state index contributed by atoms with van der Waals surface area (Å²) < 4.78 is 0. The number of fused-ring (bicyclic) bond motifs is 1.